The normalized spacial score (nSPS) is 9.20. The fourth-order valence-corrected chi connectivity index (χ4v) is 0.907. The number of imidazole rings is 1. The Labute approximate surface area is 89.9 Å². The number of hydrogen-bond donors (Lipinski definition) is 2. The monoisotopic (exact) mass is 213 g/mol. The fourth-order valence-electron chi connectivity index (χ4n) is 0.907. The van der Waals surface area contributed by atoms with Crippen LogP contribution in [0.4, 0.5) is 0 Å². The number of carboxylic acid groups (broad SMARTS) is 1. The highest BCUT2D eigenvalue weighted by molar-refractivity contribution is 5.66. The second kappa shape index (κ2) is 9.21. The fraction of sp³-hybridized carbons (Fsp3) is 0.600. The lowest BCUT2D eigenvalue weighted by molar-refractivity contribution is -0.137. The minimum Gasteiger partial charge on any atom is -0.481 e. The van der Waals surface area contributed by atoms with Crippen LogP contribution >= 0.6 is 0 Å². The van der Waals surface area contributed by atoms with Gasteiger partial charge in [0.15, 0.2) is 0 Å². The number of aryl methyl sites for hydroxylation is 1. The largest absolute Gasteiger partial charge is 0.481 e. The lowest BCUT2D eigenvalue weighted by Gasteiger charge is -1.96. The van der Waals surface area contributed by atoms with Crippen molar-refractivity contribution in [1.29, 1.82) is 0 Å². The molecule has 0 fully saturated rings. The van der Waals surface area contributed by atoms with E-state index in [2.05, 4.69) is 4.98 Å². The summed E-state index contributed by atoms with van der Waals surface area (Å²) in [6.45, 7) is 3.57. The predicted molar refractivity (Wildman–Crippen MR) is 58.4 cm³/mol. The van der Waals surface area contributed by atoms with Gasteiger partial charge in [0.25, 0.3) is 0 Å². The number of rotatable bonds is 5. The molecular weight excluding hydrogens is 194 g/mol. The first-order valence-corrected chi connectivity index (χ1v) is 5.08. The topological polar surface area (TPSA) is 81.1 Å². The van der Waals surface area contributed by atoms with Crippen LogP contribution in [0.1, 0.15) is 26.2 Å². The summed E-state index contributed by atoms with van der Waals surface area (Å²) in [5.41, 5.74) is 5.31. The van der Waals surface area contributed by atoms with Crippen molar-refractivity contribution in [2.24, 2.45) is 5.73 Å². The molecule has 0 amide bonds. The molecule has 0 aliphatic heterocycles. The third-order valence-corrected chi connectivity index (χ3v) is 1.64. The van der Waals surface area contributed by atoms with E-state index >= 15 is 0 Å². The van der Waals surface area contributed by atoms with Gasteiger partial charge >= 0.3 is 5.97 Å². The Morgan fingerprint density at radius 3 is 2.67 bits per heavy atom. The van der Waals surface area contributed by atoms with Crippen LogP contribution in [-0.2, 0) is 11.3 Å². The van der Waals surface area contributed by atoms with Gasteiger partial charge in [-0.05, 0) is 19.4 Å². The molecule has 3 N–H and O–H groups in total. The van der Waals surface area contributed by atoms with Crippen LogP contribution in [0, 0.1) is 0 Å². The molecule has 0 aliphatic carbocycles. The van der Waals surface area contributed by atoms with Crippen LogP contribution in [0.3, 0.4) is 0 Å². The van der Waals surface area contributed by atoms with Gasteiger partial charge in [-0.15, -0.1) is 0 Å². The molecule has 1 rings (SSSR count). The quantitative estimate of drug-likeness (QED) is 0.767. The number of carbonyl (C=O) groups is 1. The van der Waals surface area contributed by atoms with Gasteiger partial charge in [-0.2, -0.15) is 0 Å². The summed E-state index contributed by atoms with van der Waals surface area (Å²) in [5, 5.41) is 7.91. The third kappa shape index (κ3) is 8.96. The lowest BCUT2D eigenvalue weighted by Crippen LogP contribution is -2.03. The van der Waals surface area contributed by atoms with E-state index in [0.29, 0.717) is 6.42 Å². The van der Waals surface area contributed by atoms with Crippen molar-refractivity contribution in [1.82, 2.24) is 9.55 Å². The highest BCUT2D eigenvalue weighted by Crippen LogP contribution is 1.87. The van der Waals surface area contributed by atoms with E-state index in [0.717, 1.165) is 25.9 Å². The van der Waals surface area contributed by atoms with Crippen molar-refractivity contribution >= 4 is 5.97 Å². The molecule has 0 atom stereocenters. The molecule has 0 aromatic carbocycles. The van der Waals surface area contributed by atoms with Gasteiger partial charge in [0, 0.05) is 25.4 Å². The van der Waals surface area contributed by atoms with Gasteiger partial charge in [0.1, 0.15) is 0 Å². The van der Waals surface area contributed by atoms with Crippen LogP contribution < -0.4 is 5.73 Å². The minimum absolute atomic E-state index is 0.292. The zero-order chi connectivity index (χ0) is 11.5. The molecule has 5 nitrogen and oxygen atoms in total. The Morgan fingerprint density at radius 1 is 1.60 bits per heavy atom. The Hall–Kier alpha value is -1.36. The third-order valence-electron chi connectivity index (χ3n) is 1.64. The second-order valence-electron chi connectivity index (χ2n) is 3.09. The van der Waals surface area contributed by atoms with Gasteiger partial charge in [-0.25, -0.2) is 4.98 Å². The smallest absolute Gasteiger partial charge is 0.303 e. The van der Waals surface area contributed by atoms with E-state index in [1.54, 1.807) is 12.5 Å². The molecule has 0 bridgehead atoms. The molecule has 0 aliphatic rings. The van der Waals surface area contributed by atoms with Crippen LogP contribution in [-0.4, -0.2) is 27.2 Å². The molecule has 1 aromatic heterocycles. The molecular formula is C10H19N3O2. The van der Waals surface area contributed by atoms with E-state index < -0.39 is 5.97 Å². The minimum atomic E-state index is -0.711. The van der Waals surface area contributed by atoms with Crippen LogP contribution in [0.15, 0.2) is 18.7 Å². The first kappa shape index (κ1) is 13.6. The van der Waals surface area contributed by atoms with Crippen molar-refractivity contribution in [3.63, 3.8) is 0 Å². The zero-order valence-corrected chi connectivity index (χ0v) is 9.09. The Bertz CT molecular complexity index is 247. The lowest BCUT2D eigenvalue weighted by atomic mass is 10.4. The average molecular weight is 213 g/mol. The maximum Gasteiger partial charge on any atom is 0.303 e. The molecule has 1 aromatic rings. The summed E-state index contributed by atoms with van der Waals surface area (Å²) in [6, 6.07) is 0. The van der Waals surface area contributed by atoms with Crippen LogP contribution in [0.2, 0.25) is 0 Å². The molecule has 0 spiro atoms. The number of carboxylic acids is 1. The van der Waals surface area contributed by atoms with Crippen molar-refractivity contribution in [2.45, 2.75) is 32.7 Å². The van der Waals surface area contributed by atoms with E-state index in [9.17, 15) is 4.79 Å². The summed E-state index contributed by atoms with van der Waals surface area (Å²) in [5.74, 6) is -0.711. The summed E-state index contributed by atoms with van der Waals surface area (Å²) >= 11 is 0. The molecule has 0 saturated heterocycles. The molecule has 1 heterocycles. The molecule has 0 radical (unpaired) electrons. The predicted octanol–water partition coefficient (Wildman–Crippen LogP) is 1.10. The number of aliphatic carboxylic acids is 1. The van der Waals surface area contributed by atoms with E-state index in [1.165, 1.54) is 0 Å². The second-order valence-corrected chi connectivity index (χ2v) is 3.09. The maximum absolute atomic E-state index is 9.60. The van der Waals surface area contributed by atoms with Gasteiger partial charge < -0.3 is 15.4 Å². The van der Waals surface area contributed by atoms with Gasteiger partial charge in [-0.1, -0.05) is 6.92 Å². The number of aromatic nitrogens is 2. The highest BCUT2D eigenvalue weighted by Gasteiger charge is 1.87. The molecule has 15 heavy (non-hydrogen) atoms. The SMILES string of the molecule is CCCC(=O)O.NCCCn1ccnc1. The highest BCUT2D eigenvalue weighted by atomic mass is 16.4. The van der Waals surface area contributed by atoms with Crippen LogP contribution in [0.25, 0.3) is 0 Å². The summed E-state index contributed by atoms with van der Waals surface area (Å²) in [6.07, 6.45) is 7.56. The standard InChI is InChI=1S/C6H11N3.C4H8O2/c7-2-1-4-9-5-3-8-6-9;1-2-3-4(5)6/h3,5-6H,1-2,4,7H2;2-3H2,1H3,(H,5,6). The molecule has 0 unspecified atom stereocenters. The zero-order valence-electron chi connectivity index (χ0n) is 9.09. The van der Waals surface area contributed by atoms with E-state index in [1.807, 2.05) is 17.7 Å². The summed E-state index contributed by atoms with van der Waals surface area (Å²) in [7, 11) is 0. The number of nitrogens with zero attached hydrogens (tertiary/aromatic N) is 2. The molecule has 0 saturated carbocycles. The summed E-state index contributed by atoms with van der Waals surface area (Å²) < 4.78 is 2.02. The Morgan fingerprint density at radius 2 is 2.33 bits per heavy atom. The average Bonchev–Trinajstić information content (AvgIpc) is 2.68. The van der Waals surface area contributed by atoms with Crippen LogP contribution in [0.5, 0.6) is 0 Å². The van der Waals surface area contributed by atoms with Crippen molar-refractivity contribution in [3.8, 4) is 0 Å². The number of hydrogen-bond acceptors (Lipinski definition) is 3. The van der Waals surface area contributed by atoms with E-state index in [4.69, 9.17) is 10.8 Å². The Balaban J connectivity index is 0.000000288. The summed E-state index contributed by atoms with van der Waals surface area (Å²) in [4.78, 5) is 13.5. The number of nitrogens with two attached hydrogens (primary N) is 1. The maximum atomic E-state index is 9.60. The molecule has 5 heteroatoms. The van der Waals surface area contributed by atoms with Gasteiger partial charge in [-0.3, -0.25) is 4.79 Å². The van der Waals surface area contributed by atoms with Gasteiger partial charge in [0.05, 0.1) is 6.33 Å². The van der Waals surface area contributed by atoms with E-state index in [-0.39, 0.29) is 0 Å². The first-order valence-electron chi connectivity index (χ1n) is 5.08. The van der Waals surface area contributed by atoms with Crippen molar-refractivity contribution < 1.29 is 9.90 Å². The molecule has 86 valence electrons. The first-order chi connectivity index (χ1) is 7.20. The van der Waals surface area contributed by atoms with Crippen molar-refractivity contribution in [2.75, 3.05) is 6.54 Å². The van der Waals surface area contributed by atoms with Gasteiger partial charge in [0.2, 0.25) is 0 Å². The van der Waals surface area contributed by atoms with Crippen molar-refractivity contribution in [3.05, 3.63) is 18.7 Å². The Kier molecular flexibility index (Phi) is 8.37.